The molecule has 0 saturated heterocycles. The van der Waals surface area contributed by atoms with E-state index in [4.69, 9.17) is 11.6 Å². The predicted molar refractivity (Wildman–Crippen MR) is 107 cm³/mol. The third-order valence-electron chi connectivity index (χ3n) is 3.84. The van der Waals surface area contributed by atoms with Crippen LogP contribution in [0, 0.1) is 0 Å². The molecule has 0 aliphatic carbocycles. The number of methoxy groups -OCH3 is 2. The van der Waals surface area contributed by atoms with E-state index in [0.717, 1.165) is 12.1 Å². The molecular weight excluding hydrogens is 437 g/mol. The van der Waals surface area contributed by atoms with Crippen molar-refractivity contribution in [2.45, 2.75) is 6.18 Å². The van der Waals surface area contributed by atoms with E-state index in [0.29, 0.717) is 16.8 Å². The fraction of sp³-hybridized carbons (Fsp3) is 0.143. The first-order valence-corrected chi connectivity index (χ1v) is 8.95. The van der Waals surface area contributed by atoms with Crippen molar-refractivity contribution in [1.82, 2.24) is 9.97 Å². The SMILES string of the molecule is COC(=O)c1ccnc(-c2ccc(C(F)(F)F)cc2)c1.COC(=O)c1ccnc(Cl)c1. The molecule has 2 aromatic heterocycles. The Bertz CT molecular complexity index is 1060. The maximum Gasteiger partial charge on any atom is 0.416 e. The smallest absolute Gasteiger partial charge is 0.416 e. The number of ether oxygens (including phenoxy) is 2. The molecule has 0 aliphatic heterocycles. The number of benzene rings is 1. The molecule has 0 amide bonds. The average molecular weight is 453 g/mol. The first kappa shape index (κ1) is 23.8. The molecule has 0 unspecified atom stereocenters. The van der Waals surface area contributed by atoms with Crippen molar-refractivity contribution in [3.05, 3.63) is 82.8 Å². The molecule has 6 nitrogen and oxygen atoms in total. The number of alkyl halides is 3. The van der Waals surface area contributed by atoms with Crippen LogP contribution in [0.5, 0.6) is 0 Å². The van der Waals surface area contributed by atoms with Crippen LogP contribution >= 0.6 is 11.6 Å². The highest BCUT2D eigenvalue weighted by Crippen LogP contribution is 2.30. The van der Waals surface area contributed by atoms with E-state index in [1.54, 1.807) is 0 Å². The summed E-state index contributed by atoms with van der Waals surface area (Å²) in [6.07, 6.45) is -1.52. The Balaban J connectivity index is 0.000000262. The zero-order valence-corrected chi connectivity index (χ0v) is 17.1. The number of rotatable bonds is 3. The van der Waals surface area contributed by atoms with E-state index < -0.39 is 23.7 Å². The van der Waals surface area contributed by atoms with Crippen LogP contribution in [0.3, 0.4) is 0 Å². The van der Waals surface area contributed by atoms with Crippen LogP contribution < -0.4 is 0 Å². The maximum atomic E-state index is 12.5. The number of hydrogen-bond donors (Lipinski definition) is 0. The number of halogens is 4. The van der Waals surface area contributed by atoms with Crippen molar-refractivity contribution >= 4 is 23.5 Å². The van der Waals surface area contributed by atoms with Gasteiger partial charge in [0, 0.05) is 18.0 Å². The average Bonchev–Trinajstić information content (AvgIpc) is 2.78. The quantitative estimate of drug-likeness (QED) is 0.407. The second-order valence-electron chi connectivity index (χ2n) is 5.86. The molecule has 31 heavy (non-hydrogen) atoms. The summed E-state index contributed by atoms with van der Waals surface area (Å²) in [6, 6.07) is 10.5. The first-order valence-electron chi connectivity index (χ1n) is 8.57. The monoisotopic (exact) mass is 452 g/mol. The Labute approximate surface area is 180 Å². The molecule has 2 heterocycles. The van der Waals surface area contributed by atoms with Crippen LogP contribution in [0.15, 0.2) is 60.9 Å². The molecule has 1 aromatic carbocycles. The van der Waals surface area contributed by atoms with Gasteiger partial charge in [-0.2, -0.15) is 13.2 Å². The number of aromatic nitrogens is 2. The Morgan fingerprint density at radius 3 is 1.84 bits per heavy atom. The van der Waals surface area contributed by atoms with Gasteiger partial charge in [-0.15, -0.1) is 0 Å². The second-order valence-corrected chi connectivity index (χ2v) is 6.24. The van der Waals surface area contributed by atoms with Crippen molar-refractivity contribution in [2.75, 3.05) is 14.2 Å². The van der Waals surface area contributed by atoms with Gasteiger partial charge in [0.25, 0.3) is 0 Å². The minimum absolute atomic E-state index is 0.285. The first-order chi connectivity index (χ1) is 14.7. The van der Waals surface area contributed by atoms with Crippen molar-refractivity contribution in [3.63, 3.8) is 0 Å². The molecule has 3 aromatic rings. The summed E-state index contributed by atoms with van der Waals surface area (Å²) >= 11 is 5.53. The zero-order chi connectivity index (χ0) is 23.0. The van der Waals surface area contributed by atoms with Crippen LogP contribution in [0.2, 0.25) is 5.15 Å². The van der Waals surface area contributed by atoms with Gasteiger partial charge < -0.3 is 9.47 Å². The van der Waals surface area contributed by atoms with Gasteiger partial charge >= 0.3 is 18.1 Å². The highest BCUT2D eigenvalue weighted by atomic mass is 35.5. The van der Waals surface area contributed by atoms with Crippen LogP contribution in [-0.2, 0) is 15.7 Å². The summed E-state index contributed by atoms with van der Waals surface area (Å²) in [5.74, 6) is -0.935. The molecule has 0 saturated carbocycles. The minimum atomic E-state index is -4.38. The Morgan fingerprint density at radius 1 is 0.839 bits per heavy atom. The van der Waals surface area contributed by atoms with Gasteiger partial charge in [-0.05, 0) is 36.4 Å². The lowest BCUT2D eigenvalue weighted by atomic mass is 10.1. The topological polar surface area (TPSA) is 78.4 Å². The largest absolute Gasteiger partial charge is 0.465 e. The summed E-state index contributed by atoms with van der Waals surface area (Å²) in [6.45, 7) is 0. The number of esters is 2. The van der Waals surface area contributed by atoms with E-state index in [2.05, 4.69) is 19.4 Å². The van der Waals surface area contributed by atoms with Gasteiger partial charge in [-0.3, -0.25) is 4.98 Å². The lowest BCUT2D eigenvalue weighted by molar-refractivity contribution is -0.137. The van der Waals surface area contributed by atoms with Crippen molar-refractivity contribution in [3.8, 4) is 11.3 Å². The fourth-order valence-electron chi connectivity index (χ4n) is 2.31. The van der Waals surface area contributed by atoms with Crippen molar-refractivity contribution in [2.24, 2.45) is 0 Å². The van der Waals surface area contributed by atoms with Gasteiger partial charge in [0.2, 0.25) is 0 Å². The van der Waals surface area contributed by atoms with Crippen LogP contribution in [0.4, 0.5) is 13.2 Å². The molecule has 0 aliphatic rings. The van der Waals surface area contributed by atoms with E-state index >= 15 is 0 Å². The molecule has 0 fully saturated rings. The maximum absolute atomic E-state index is 12.5. The summed E-state index contributed by atoms with van der Waals surface area (Å²) in [5, 5.41) is 0.285. The van der Waals surface area contributed by atoms with Crippen LogP contribution in [0.25, 0.3) is 11.3 Å². The van der Waals surface area contributed by atoms with Gasteiger partial charge in [-0.25, -0.2) is 14.6 Å². The Kier molecular flexibility index (Phi) is 8.09. The van der Waals surface area contributed by atoms with E-state index in [1.165, 1.54) is 63.0 Å². The van der Waals surface area contributed by atoms with Crippen LogP contribution in [0.1, 0.15) is 26.3 Å². The highest BCUT2D eigenvalue weighted by Gasteiger charge is 2.30. The minimum Gasteiger partial charge on any atom is -0.465 e. The number of nitrogens with zero attached hydrogens (tertiary/aromatic N) is 2. The third kappa shape index (κ3) is 6.78. The second kappa shape index (κ2) is 10.5. The van der Waals surface area contributed by atoms with Crippen molar-refractivity contribution < 1.29 is 32.2 Å². The lowest BCUT2D eigenvalue weighted by Crippen LogP contribution is -2.04. The zero-order valence-electron chi connectivity index (χ0n) is 16.3. The number of carbonyl (C=O) groups excluding carboxylic acids is 2. The molecule has 3 rings (SSSR count). The predicted octanol–water partition coefficient (Wildman–Crippen LogP) is 5.08. The number of pyridine rings is 2. The van der Waals surface area contributed by atoms with Crippen LogP contribution in [-0.4, -0.2) is 36.1 Å². The summed E-state index contributed by atoms with van der Waals surface area (Å²) in [7, 11) is 2.57. The number of hydrogen-bond acceptors (Lipinski definition) is 6. The van der Waals surface area contributed by atoms with Gasteiger partial charge in [-0.1, -0.05) is 23.7 Å². The molecule has 0 atom stereocenters. The Hall–Kier alpha value is -3.46. The molecule has 162 valence electrons. The molecule has 10 heteroatoms. The Morgan fingerprint density at radius 2 is 1.35 bits per heavy atom. The van der Waals surface area contributed by atoms with E-state index in [-0.39, 0.29) is 10.7 Å². The lowest BCUT2D eigenvalue weighted by Gasteiger charge is -2.08. The third-order valence-corrected chi connectivity index (χ3v) is 4.04. The molecule has 0 bridgehead atoms. The molecule has 0 N–H and O–H groups in total. The summed E-state index contributed by atoms with van der Waals surface area (Å²) in [5.41, 5.74) is 0.862. The van der Waals surface area contributed by atoms with Gasteiger partial charge in [0.15, 0.2) is 0 Å². The standard InChI is InChI=1S/C14H10F3NO2.C7H6ClNO2/c1-20-13(19)10-6-7-18-12(8-10)9-2-4-11(5-3-9)14(15,16)17;1-11-7(10)5-2-3-9-6(8)4-5/h2-8H,1H3;2-4H,1H3. The molecule has 0 radical (unpaired) electrons. The molecule has 0 spiro atoms. The summed E-state index contributed by atoms with van der Waals surface area (Å²) < 4.78 is 46.4. The van der Waals surface area contributed by atoms with Gasteiger partial charge in [0.1, 0.15) is 5.15 Å². The highest BCUT2D eigenvalue weighted by molar-refractivity contribution is 6.29. The molecular formula is C21H16ClF3N2O4. The van der Waals surface area contributed by atoms with E-state index in [9.17, 15) is 22.8 Å². The fourth-order valence-corrected chi connectivity index (χ4v) is 2.48. The summed E-state index contributed by atoms with van der Waals surface area (Å²) in [4.78, 5) is 30.0. The van der Waals surface area contributed by atoms with Crippen molar-refractivity contribution in [1.29, 1.82) is 0 Å². The van der Waals surface area contributed by atoms with Gasteiger partial charge in [0.05, 0.1) is 36.6 Å². The number of carbonyl (C=O) groups is 2. The normalized spacial score (nSPS) is 10.5. The van der Waals surface area contributed by atoms with E-state index in [1.807, 2.05) is 0 Å².